The molecule has 1 fully saturated rings. The average molecular weight is 213 g/mol. The Morgan fingerprint density at radius 2 is 2.20 bits per heavy atom. The Balaban J connectivity index is 2.27. The molecule has 0 radical (unpaired) electrons. The number of nitrogens with two attached hydrogens (primary N) is 1. The van der Waals surface area contributed by atoms with Crippen LogP contribution in [0.25, 0.3) is 0 Å². The topological polar surface area (TPSA) is 58.4 Å². The molecule has 0 aliphatic carbocycles. The molecule has 4 nitrogen and oxygen atoms in total. The van der Waals surface area contributed by atoms with Crippen molar-refractivity contribution in [3.05, 3.63) is 0 Å². The van der Waals surface area contributed by atoms with E-state index in [0.29, 0.717) is 12.5 Å². The van der Waals surface area contributed by atoms with Crippen molar-refractivity contribution in [2.75, 3.05) is 19.6 Å². The smallest absolute Gasteiger partial charge is 0.234 e. The predicted molar refractivity (Wildman–Crippen MR) is 61.5 cm³/mol. The van der Waals surface area contributed by atoms with Gasteiger partial charge < -0.3 is 11.1 Å². The standard InChI is InChI=1S/C11H23N3O/c1-8(2)13-11(15)7-14-5-4-10(6-14)9(3)12/h8-10H,4-7,12H2,1-3H3,(H,13,15). The van der Waals surface area contributed by atoms with Crippen LogP contribution in [0, 0.1) is 5.92 Å². The average Bonchev–Trinajstić information content (AvgIpc) is 2.50. The Kier molecular flexibility index (Phi) is 4.54. The number of amides is 1. The van der Waals surface area contributed by atoms with E-state index < -0.39 is 0 Å². The molecule has 1 amide bonds. The fraction of sp³-hybridized carbons (Fsp3) is 0.909. The zero-order valence-corrected chi connectivity index (χ0v) is 9.99. The van der Waals surface area contributed by atoms with E-state index >= 15 is 0 Å². The summed E-state index contributed by atoms with van der Waals surface area (Å²) in [6, 6.07) is 0.465. The first kappa shape index (κ1) is 12.5. The molecule has 0 spiro atoms. The van der Waals surface area contributed by atoms with E-state index in [4.69, 9.17) is 5.73 Å². The molecule has 1 aliphatic rings. The molecule has 15 heavy (non-hydrogen) atoms. The highest BCUT2D eigenvalue weighted by Gasteiger charge is 2.26. The minimum absolute atomic E-state index is 0.121. The SMILES string of the molecule is CC(C)NC(=O)CN1CCC(C(C)N)C1. The van der Waals surface area contributed by atoms with Crippen LogP contribution in [0.1, 0.15) is 27.2 Å². The molecule has 0 aromatic heterocycles. The van der Waals surface area contributed by atoms with E-state index in [0.717, 1.165) is 19.5 Å². The van der Waals surface area contributed by atoms with Gasteiger partial charge >= 0.3 is 0 Å². The van der Waals surface area contributed by atoms with Crippen molar-refractivity contribution < 1.29 is 4.79 Å². The molecular weight excluding hydrogens is 190 g/mol. The van der Waals surface area contributed by atoms with Crippen molar-refractivity contribution in [3.8, 4) is 0 Å². The molecule has 2 unspecified atom stereocenters. The highest BCUT2D eigenvalue weighted by Crippen LogP contribution is 2.17. The number of carbonyl (C=O) groups excluding carboxylic acids is 1. The first-order valence-electron chi connectivity index (χ1n) is 5.76. The van der Waals surface area contributed by atoms with Crippen LogP contribution in [0.5, 0.6) is 0 Å². The predicted octanol–water partition coefficient (Wildman–Crippen LogP) is 0.180. The fourth-order valence-corrected chi connectivity index (χ4v) is 2.01. The fourth-order valence-electron chi connectivity index (χ4n) is 2.01. The van der Waals surface area contributed by atoms with Crippen LogP contribution in [-0.2, 0) is 4.79 Å². The summed E-state index contributed by atoms with van der Waals surface area (Å²) in [5.41, 5.74) is 5.84. The summed E-state index contributed by atoms with van der Waals surface area (Å²) >= 11 is 0. The molecule has 0 aromatic carbocycles. The van der Waals surface area contributed by atoms with Crippen LogP contribution < -0.4 is 11.1 Å². The van der Waals surface area contributed by atoms with Gasteiger partial charge in [-0.1, -0.05) is 0 Å². The Hall–Kier alpha value is -0.610. The lowest BCUT2D eigenvalue weighted by molar-refractivity contribution is -0.122. The van der Waals surface area contributed by atoms with Crippen LogP contribution in [-0.4, -0.2) is 42.5 Å². The minimum Gasteiger partial charge on any atom is -0.353 e. The van der Waals surface area contributed by atoms with Crippen molar-refractivity contribution in [2.24, 2.45) is 11.7 Å². The second-order valence-corrected chi connectivity index (χ2v) is 4.87. The summed E-state index contributed by atoms with van der Waals surface area (Å²) in [5.74, 6) is 0.673. The lowest BCUT2D eigenvalue weighted by atomic mass is 10.0. The second-order valence-electron chi connectivity index (χ2n) is 4.87. The second kappa shape index (κ2) is 5.47. The van der Waals surface area contributed by atoms with Crippen molar-refractivity contribution in [2.45, 2.75) is 39.3 Å². The molecule has 0 aromatic rings. The molecule has 88 valence electrons. The van der Waals surface area contributed by atoms with E-state index in [1.807, 2.05) is 20.8 Å². The van der Waals surface area contributed by atoms with Gasteiger partial charge in [0.25, 0.3) is 0 Å². The number of hydrogen-bond acceptors (Lipinski definition) is 3. The number of hydrogen-bond donors (Lipinski definition) is 2. The van der Waals surface area contributed by atoms with Gasteiger partial charge in [-0.05, 0) is 39.7 Å². The maximum atomic E-state index is 11.5. The Labute approximate surface area is 92.2 Å². The summed E-state index contributed by atoms with van der Waals surface area (Å²) in [4.78, 5) is 13.7. The molecular formula is C11H23N3O. The largest absolute Gasteiger partial charge is 0.353 e. The molecule has 4 heteroatoms. The highest BCUT2D eigenvalue weighted by atomic mass is 16.2. The van der Waals surface area contributed by atoms with Crippen molar-refractivity contribution in [1.82, 2.24) is 10.2 Å². The number of rotatable bonds is 4. The molecule has 1 heterocycles. The van der Waals surface area contributed by atoms with Gasteiger partial charge in [0.05, 0.1) is 6.54 Å². The van der Waals surface area contributed by atoms with Gasteiger partial charge in [-0.2, -0.15) is 0 Å². The first-order chi connectivity index (χ1) is 6.99. The highest BCUT2D eigenvalue weighted by molar-refractivity contribution is 5.78. The van der Waals surface area contributed by atoms with E-state index in [2.05, 4.69) is 10.2 Å². The molecule has 0 bridgehead atoms. The van der Waals surface area contributed by atoms with Gasteiger partial charge in [0.1, 0.15) is 0 Å². The Morgan fingerprint density at radius 1 is 1.53 bits per heavy atom. The monoisotopic (exact) mass is 213 g/mol. The Bertz CT molecular complexity index is 216. The summed E-state index contributed by atoms with van der Waals surface area (Å²) in [7, 11) is 0. The van der Waals surface area contributed by atoms with Crippen molar-refractivity contribution >= 4 is 5.91 Å². The van der Waals surface area contributed by atoms with Gasteiger partial charge in [0, 0.05) is 18.6 Å². The van der Waals surface area contributed by atoms with E-state index in [-0.39, 0.29) is 18.0 Å². The number of nitrogens with zero attached hydrogens (tertiary/aromatic N) is 1. The summed E-state index contributed by atoms with van der Waals surface area (Å²) in [6.45, 7) is 8.48. The summed E-state index contributed by atoms with van der Waals surface area (Å²) in [5, 5.41) is 2.90. The third-order valence-corrected chi connectivity index (χ3v) is 2.87. The third kappa shape index (κ3) is 4.18. The summed E-state index contributed by atoms with van der Waals surface area (Å²) in [6.07, 6.45) is 1.12. The molecule has 1 saturated heterocycles. The molecule has 3 N–H and O–H groups in total. The van der Waals surface area contributed by atoms with Gasteiger partial charge in [-0.3, -0.25) is 9.69 Å². The zero-order chi connectivity index (χ0) is 11.4. The normalized spacial score (nSPS) is 24.5. The number of carbonyl (C=O) groups is 1. The molecule has 2 atom stereocenters. The van der Waals surface area contributed by atoms with E-state index in [1.165, 1.54) is 0 Å². The lowest BCUT2D eigenvalue weighted by Crippen LogP contribution is -2.40. The van der Waals surface area contributed by atoms with Crippen molar-refractivity contribution in [3.63, 3.8) is 0 Å². The zero-order valence-electron chi connectivity index (χ0n) is 9.99. The minimum atomic E-state index is 0.121. The van der Waals surface area contributed by atoms with Crippen LogP contribution in [0.3, 0.4) is 0 Å². The van der Waals surface area contributed by atoms with Gasteiger partial charge in [0.2, 0.25) is 5.91 Å². The summed E-state index contributed by atoms with van der Waals surface area (Å²) < 4.78 is 0. The van der Waals surface area contributed by atoms with Gasteiger partial charge in [-0.15, -0.1) is 0 Å². The van der Waals surface area contributed by atoms with Crippen molar-refractivity contribution in [1.29, 1.82) is 0 Å². The molecule has 1 aliphatic heterocycles. The maximum absolute atomic E-state index is 11.5. The van der Waals surface area contributed by atoms with Crippen LogP contribution in [0.2, 0.25) is 0 Å². The van der Waals surface area contributed by atoms with Crippen LogP contribution >= 0.6 is 0 Å². The van der Waals surface area contributed by atoms with Crippen LogP contribution in [0.4, 0.5) is 0 Å². The quantitative estimate of drug-likeness (QED) is 0.700. The number of likely N-dealkylation sites (tertiary alicyclic amines) is 1. The molecule has 1 rings (SSSR count). The third-order valence-electron chi connectivity index (χ3n) is 2.87. The first-order valence-corrected chi connectivity index (χ1v) is 5.76. The maximum Gasteiger partial charge on any atom is 0.234 e. The van der Waals surface area contributed by atoms with Gasteiger partial charge in [0.15, 0.2) is 0 Å². The van der Waals surface area contributed by atoms with E-state index in [1.54, 1.807) is 0 Å². The van der Waals surface area contributed by atoms with Gasteiger partial charge in [-0.25, -0.2) is 0 Å². The number of nitrogens with one attached hydrogen (secondary N) is 1. The molecule has 0 saturated carbocycles. The van der Waals surface area contributed by atoms with Crippen LogP contribution in [0.15, 0.2) is 0 Å². The Morgan fingerprint density at radius 3 is 2.67 bits per heavy atom. The lowest BCUT2D eigenvalue weighted by Gasteiger charge is -2.18. The van der Waals surface area contributed by atoms with E-state index in [9.17, 15) is 4.79 Å².